The summed E-state index contributed by atoms with van der Waals surface area (Å²) in [5.74, 6) is -0.617. The molecule has 0 radical (unpaired) electrons. The molecule has 0 spiro atoms. The Morgan fingerprint density at radius 3 is 2.68 bits per heavy atom. The Morgan fingerprint density at radius 1 is 1.47 bits per heavy atom. The number of benzene rings is 1. The highest BCUT2D eigenvalue weighted by Gasteiger charge is 2.15. The zero-order valence-electron chi connectivity index (χ0n) is 11.6. The van der Waals surface area contributed by atoms with Gasteiger partial charge in [-0.15, -0.1) is 0 Å². The van der Waals surface area contributed by atoms with E-state index in [0.29, 0.717) is 30.5 Å². The normalized spacial score (nSPS) is 12.4. The number of nitrogens with two attached hydrogens (primary N) is 1. The van der Waals surface area contributed by atoms with Crippen LogP contribution in [0.4, 0.5) is 11.4 Å². The molecule has 1 aromatic rings. The fraction of sp³-hybridized carbons (Fsp3) is 0.500. The number of hydrogen-bond acceptors (Lipinski definition) is 4. The molecule has 0 aliphatic heterocycles. The molecule has 0 amide bonds. The van der Waals surface area contributed by atoms with Crippen LogP contribution in [0, 0.1) is 5.92 Å². The van der Waals surface area contributed by atoms with E-state index in [1.165, 1.54) is 6.07 Å². The van der Waals surface area contributed by atoms with Gasteiger partial charge in [-0.05, 0) is 31.0 Å². The zero-order valence-corrected chi connectivity index (χ0v) is 11.6. The Bertz CT molecular complexity index is 433. The summed E-state index contributed by atoms with van der Waals surface area (Å²) in [6, 6.07) is 4.74. The van der Waals surface area contributed by atoms with Gasteiger partial charge >= 0.3 is 5.97 Å². The van der Waals surface area contributed by atoms with Gasteiger partial charge in [0.1, 0.15) is 0 Å². The molecule has 0 aliphatic rings. The van der Waals surface area contributed by atoms with E-state index in [2.05, 4.69) is 19.2 Å². The van der Waals surface area contributed by atoms with E-state index in [1.807, 2.05) is 6.92 Å². The predicted octanol–water partition coefficient (Wildman–Crippen LogP) is 2.44. The molecule has 0 fully saturated rings. The van der Waals surface area contributed by atoms with Gasteiger partial charge in [0.15, 0.2) is 0 Å². The lowest BCUT2D eigenvalue weighted by atomic mass is 10.0. The number of ether oxygens (including phenoxy) is 1. The van der Waals surface area contributed by atoms with Gasteiger partial charge in [0, 0.05) is 6.61 Å². The number of aromatic carboxylic acids is 1. The summed E-state index contributed by atoms with van der Waals surface area (Å²) in [5.41, 5.74) is 7.26. The van der Waals surface area contributed by atoms with Crippen molar-refractivity contribution in [2.45, 2.75) is 26.8 Å². The van der Waals surface area contributed by atoms with Gasteiger partial charge in [0.25, 0.3) is 0 Å². The van der Waals surface area contributed by atoms with Gasteiger partial charge in [0.2, 0.25) is 0 Å². The van der Waals surface area contributed by atoms with Crippen LogP contribution in [0.1, 0.15) is 31.1 Å². The third kappa shape index (κ3) is 4.44. The van der Waals surface area contributed by atoms with Crippen molar-refractivity contribution in [3.8, 4) is 0 Å². The Balaban J connectivity index is 2.88. The van der Waals surface area contributed by atoms with Crippen LogP contribution in [0.25, 0.3) is 0 Å². The van der Waals surface area contributed by atoms with Gasteiger partial charge in [0.05, 0.1) is 29.6 Å². The molecule has 1 unspecified atom stereocenters. The lowest BCUT2D eigenvalue weighted by Crippen LogP contribution is -2.31. The van der Waals surface area contributed by atoms with Gasteiger partial charge in [-0.3, -0.25) is 0 Å². The van der Waals surface area contributed by atoms with Crippen molar-refractivity contribution in [3.05, 3.63) is 23.8 Å². The number of carbonyl (C=O) groups is 1. The summed E-state index contributed by atoms with van der Waals surface area (Å²) in [7, 11) is 0. The average Bonchev–Trinajstić information content (AvgIpc) is 2.35. The summed E-state index contributed by atoms with van der Waals surface area (Å²) in [6.07, 6.45) is 0. The summed E-state index contributed by atoms with van der Waals surface area (Å²) in [6.45, 7) is 7.30. The fourth-order valence-electron chi connectivity index (χ4n) is 1.66. The van der Waals surface area contributed by atoms with Crippen LogP contribution < -0.4 is 11.1 Å². The molecule has 0 bridgehead atoms. The van der Waals surface area contributed by atoms with Crippen molar-refractivity contribution in [1.82, 2.24) is 0 Å². The molecular formula is C14H22N2O3. The van der Waals surface area contributed by atoms with E-state index >= 15 is 0 Å². The second-order valence-electron chi connectivity index (χ2n) is 4.76. The lowest BCUT2D eigenvalue weighted by molar-refractivity contribution is 0.0697. The van der Waals surface area contributed by atoms with Crippen molar-refractivity contribution in [2.75, 3.05) is 24.3 Å². The summed E-state index contributed by atoms with van der Waals surface area (Å²) < 4.78 is 5.43. The maximum atomic E-state index is 11.0. The Hall–Kier alpha value is -1.75. The highest BCUT2D eigenvalue weighted by atomic mass is 16.5. The largest absolute Gasteiger partial charge is 0.478 e. The summed E-state index contributed by atoms with van der Waals surface area (Å²) in [5, 5.41) is 12.3. The molecule has 5 nitrogen and oxygen atoms in total. The van der Waals surface area contributed by atoms with E-state index in [4.69, 9.17) is 15.6 Å². The monoisotopic (exact) mass is 266 g/mol. The first-order chi connectivity index (χ1) is 8.95. The van der Waals surface area contributed by atoms with Crippen molar-refractivity contribution < 1.29 is 14.6 Å². The number of anilines is 2. The molecule has 0 aromatic heterocycles. The number of nitrogens with one attached hydrogen (secondary N) is 1. The number of carboxylic acid groups (broad SMARTS) is 1. The average molecular weight is 266 g/mol. The molecule has 4 N–H and O–H groups in total. The van der Waals surface area contributed by atoms with E-state index < -0.39 is 5.97 Å². The van der Waals surface area contributed by atoms with E-state index in [0.717, 1.165) is 0 Å². The van der Waals surface area contributed by atoms with Crippen molar-refractivity contribution >= 4 is 17.3 Å². The second-order valence-corrected chi connectivity index (χ2v) is 4.76. The van der Waals surface area contributed by atoms with E-state index in [-0.39, 0.29) is 11.6 Å². The molecule has 106 valence electrons. The van der Waals surface area contributed by atoms with Crippen LogP contribution in [0.3, 0.4) is 0 Å². The Labute approximate surface area is 113 Å². The zero-order chi connectivity index (χ0) is 14.4. The Morgan fingerprint density at radius 2 is 2.16 bits per heavy atom. The second kappa shape index (κ2) is 6.99. The highest BCUT2D eigenvalue weighted by molar-refractivity contribution is 5.90. The smallest absolute Gasteiger partial charge is 0.335 e. The van der Waals surface area contributed by atoms with Crippen LogP contribution in [-0.4, -0.2) is 30.3 Å². The quantitative estimate of drug-likeness (QED) is 0.660. The number of carboxylic acids is 1. The van der Waals surface area contributed by atoms with Crippen LogP contribution in [0.2, 0.25) is 0 Å². The molecule has 1 atom stereocenters. The molecule has 0 saturated carbocycles. The lowest BCUT2D eigenvalue weighted by Gasteiger charge is -2.24. The van der Waals surface area contributed by atoms with Gasteiger partial charge in [-0.25, -0.2) is 4.79 Å². The van der Waals surface area contributed by atoms with E-state index in [1.54, 1.807) is 12.1 Å². The molecule has 0 heterocycles. The summed E-state index contributed by atoms with van der Waals surface area (Å²) in [4.78, 5) is 11.0. The molecule has 1 rings (SSSR count). The van der Waals surface area contributed by atoms with Gasteiger partial charge in [-0.1, -0.05) is 13.8 Å². The van der Waals surface area contributed by atoms with Crippen molar-refractivity contribution in [3.63, 3.8) is 0 Å². The number of hydrogen-bond donors (Lipinski definition) is 3. The minimum atomic E-state index is -0.964. The molecule has 0 aliphatic carbocycles. The van der Waals surface area contributed by atoms with Crippen LogP contribution >= 0.6 is 0 Å². The topological polar surface area (TPSA) is 84.6 Å². The first kappa shape index (κ1) is 15.3. The SMILES string of the molecule is CCOCC(Nc1cc(C(=O)O)ccc1N)C(C)C. The molecule has 19 heavy (non-hydrogen) atoms. The maximum absolute atomic E-state index is 11.0. The Kier molecular flexibility index (Phi) is 5.63. The first-order valence-corrected chi connectivity index (χ1v) is 6.42. The highest BCUT2D eigenvalue weighted by Crippen LogP contribution is 2.22. The predicted molar refractivity (Wildman–Crippen MR) is 76.6 cm³/mol. The van der Waals surface area contributed by atoms with Crippen LogP contribution in [-0.2, 0) is 4.74 Å². The number of nitrogen functional groups attached to an aromatic ring is 1. The molecular weight excluding hydrogens is 244 g/mol. The molecule has 0 saturated heterocycles. The third-order valence-electron chi connectivity index (χ3n) is 2.95. The summed E-state index contributed by atoms with van der Waals surface area (Å²) >= 11 is 0. The number of rotatable bonds is 7. The fourth-order valence-corrected chi connectivity index (χ4v) is 1.66. The van der Waals surface area contributed by atoms with E-state index in [9.17, 15) is 4.79 Å². The van der Waals surface area contributed by atoms with Gasteiger partial charge in [-0.2, -0.15) is 0 Å². The third-order valence-corrected chi connectivity index (χ3v) is 2.95. The standard InChI is InChI=1S/C14H22N2O3/c1-4-19-8-13(9(2)3)16-12-7-10(14(17)18)5-6-11(12)15/h5-7,9,13,16H,4,8,15H2,1-3H3,(H,17,18). The van der Waals surface area contributed by atoms with Crippen molar-refractivity contribution in [1.29, 1.82) is 0 Å². The minimum absolute atomic E-state index is 0.0892. The van der Waals surface area contributed by atoms with Gasteiger partial charge < -0.3 is 20.9 Å². The van der Waals surface area contributed by atoms with Crippen LogP contribution in [0.5, 0.6) is 0 Å². The van der Waals surface area contributed by atoms with Crippen molar-refractivity contribution in [2.24, 2.45) is 5.92 Å². The molecule has 1 aromatic carbocycles. The molecule has 5 heteroatoms. The minimum Gasteiger partial charge on any atom is -0.478 e. The first-order valence-electron chi connectivity index (χ1n) is 6.42. The maximum Gasteiger partial charge on any atom is 0.335 e. The van der Waals surface area contributed by atoms with Crippen LogP contribution in [0.15, 0.2) is 18.2 Å².